The standard InChI is InChI=1S/C18H28N2O2/c1-3-14(8-11-19)15-4-6-16(7-5-15)18(21)20(2)17-9-12-22-13-10-17/h4-7,14,17H,3,8-13,19H2,1-2H3. The number of nitrogens with zero attached hydrogens (tertiary/aromatic N) is 1. The van der Waals surface area contributed by atoms with Crippen molar-refractivity contribution in [3.63, 3.8) is 0 Å². The molecular weight excluding hydrogens is 276 g/mol. The van der Waals surface area contributed by atoms with Crippen molar-refractivity contribution in [2.24, 2.45) is 5.73 Å². The van der Waals surface area contributed by atoms with Crippen molar-refractivity contribution in [3.8, 4) is 0 Å². The quantitative estimate of drug-likeness (QED) is 0.879. The van der Waals surface area contributed by atoms with E-state index in [9.17, 15) is 4.79 Å². The molecule has 122 valence electrons. The molecule has 1 unspecified atom stereocenters. The molecule has 1 aliphatic rings. The molecule has 0 bridgehead atoms. The predicted molar refractivity (Wildman–Crippen MR) is 89.1 cm³/mol. The van der Waals surface area contributed by atoms with Crippen LogP contribution in [0.25, 0.3) is 0 Å². The smallest absolute Gasteiger partial charge is 0.253 e. The number of carbonyl (C=O) groups is 1. The number of carbonyl (C=O) groups excluding carboxylic acids is 1. The third kappa shape index (κ3) is 4.08. The van der Waals surface area contributed by atoms with Gasteiger partial charge in [-0.25, -0.2) is 0 Å². The van der Waals surface area contributed by atoms with E-state index in [0.717, 1.165) is 44.5 Å². The molecule has 1 aromatic rings. The molecule has 1 saturated heterocycles. The van der Waals surface area contributed by atoms with Crippen molar-refractivity contribution >= 4 is 5.91 Å². The largest absolute Gasteiger partial charge is 0.381 e. The molecule has 0 aliphatic carbocycles. The first-order chi connectivity index (χ1) is 10.7. The molecular formula is C18H28N2O2. The van der Waals surface area contributed by atoms with Crippen LogP contribution in [0.5, 0.6) is 0 Å². The maximum absolute atomic E-state index is 12.6. The summed E-state index contributed by atoms with van der Waals surface area (Å²) >= 11 is 0. The van der Waals surface area contributed by atoms with Crippen LogP contribution in [0.2, 0.25) is 0 Å². The zero-order valence-electron chi connectivity index (χ0n) is 13.8. The summed E-state index contributed by atoms with van der Waals surface area (Å²) in [5.74, 6) is 0.590. The maximum Gasteiger partial charge on any atom is 0.253 e. The molecule has 1 aliphatic heterocycles. The fourth-order valence-corrected chi connectivity index (χ4v) is 3.15. The molecule has 1 fully saturated rings. The Labute approximate surface area is 133 Å². The van der Waals surface area contributed by atoms with E-state index in [4.69, 9.17) is 10.5 Å². The van der Waals surface area contributed by atoms with Gasteiger partial charge >= 0.3 is 0 Å². The highest BCUT2D eigenvalue weighted by atomic mass is 16.5. The minimum atomic E-state index is 0.102. The van der Waals surface area contributed by atoms with E-state index in [1.165, 1.54) is 5.56 Å². The number of benzene rings is 1. The highest BCUT2D eigenvalue weighted by molar-refractivity contribution is 5.94. The summed E-state index contributed by atoms with van der Waals surface area (Å²) in [5.41, 5.74) is 7.71. The van der Waals surface area contributed by atoms with Gasteiger partial charge in [-0.1, -0.05) is 19.1 Å². The second-order valence-electron chi connectivity index (χ2n) is 6.06. The van der Waals surface area contributed by atoms with E-state index in [1.54, 1.807) is 0 Å². The Morgan fingerprint density at radius 2 is 1.95 bits per heavy atom. The fourth-order valence-electron chi connectivity index (χ4n) is 3.15. The summed E-state index contributed by atoms with van der Waals surface area (Å²) in [7, 11) is 1.90. The van der Waals surface area contributed by atoms with Gasteiger partial charge in [-0.05, 0) is 55.8 Å². The molecule has 2 N–H and O–H groups in total. The Morgan fingerprint density at radius 1 is 1.32 bits per heavy atom. The lowest BCUT2D eigenvalue weighted by Gasteiger charge is -2.31. The van der Waals surface area contributed by atoms with Gasteiger partial charge in [-0.15, -0.1) is 0 Å². The van der Waals surface area contributed by atoms with Gasteiger partial charge in [0.15, 0.2) is 0 Å². The highest BCUT2D eigenvalue weighted by Crippen LogP contribution is 2.23. The lowest BCUT2D eigenvalue weighted by Crippen LogP contribution is -2.40. The zero-order chi connectivity index (χ0) is 15.9. The molecule has 1 amide bonds. The molecule has 1 atom stereocenters. The van der Waals surface area contributed by atoms with E-state index in [-0.39, 0.29) is 5.91 Å². The van der Waals surface area contributed by atoms with Crippen molar-refractivity contribution in [2.75, 3.05) is 26.8 Å². The van der Waals surface area contributed by atoms with E-state index in [1.807, 2.05) is 24.1 Å². The molecule has 0 spiro atoms. The number of ether oxygens (including phenoxy) is 1. The lowest BCUT2D eigenvalue weighted by molar-refractivity contribution is 0.0362. The van der Waals surface area contributed by atoms with Crippen molar-refractivity contribution in [3.05, 3.63) is 35.4 Å². The van der Waals surface area contributed by atoms with Gasteiger partial charge in [-0.2, -0.15) is 0 Å². The average molecular weight is 304 g/mol. The summed E-state index contributed by atoms with van der Waals surface area (Å²) in [6.45, 7) is 4.38. The summed E-state index contributed by atoms with van der Waals surface area (Å²) in [6.07, 6.45) is 3.92. The number of hydrogen-bond acceptors (Lipinski definition) is 3. The first kappa shape index (κ1) is 17.0. The van der Waals surface area contributed by atoms with E-state index in [2.05, 4.69) is 19.1 Å². The molecule has 1 heterocycles. The third-order valence-electron chi connectivity index (χ3n) is 4.70. The van der Waals surface area contributed by atoms with Gasteiger partial charge in [0, 0.05) is 31.9 Å². The lowest BCUT2D eigenvalue weighted by atomic mass is 9.92. The average Bonchev–Trinajstić information content (AvgIpc) is 2.59. The van der Waals surface area contributed by atoms with Crippen LogP contribution in [0.1, 0.15) is 54.4 Å². The van der Waals surface area contributed by atoms with E-state index < -0.39 is 0 Å². The zero-order valence-corrected chi connectivity index (χ0v) is 13.8. The monoisotopic (exact) mass is 304 g/mol. The SMILES string of the molecule is CCC(CCN)c1ccc(C(=O)N(C)C2CCOCC2)cc1. The maximum atomic E-state index is 12.6. The first-order valence-electron chi connectivity index (χ1n) is 8.32. The van der Waals surface area contributed by atoms with Crippen molar-refractivity contribution in [2.45, 2.75) is 44.6 Å². The predicted octanol–water partition coefficient (Wildman–Crippen LogP) is 2.78. The van der Waals surface area contributed by atoms with Gasteiger partial charge in [0.2, 0.25) is 0 Å². The fraction of sp³-hybridized carbons (Fsp3) is 0.611. The Kier molecular flexibility index (Phi) is 6.40. The molecule has 0 saturated carbocycles. The molecule has 4 heteroatoms. The number of nitrogens with two attached hydrogens (primary N) is 1. The van der Waals surface area contributed by atoms with Crippen LogP contribution in [0.15, 0.2) is 24.3 Å². The van der Waals surface area contributed by atoms with Crippen LogP contribution in [0.3, 0.4) is 0 Å². The Balaban J connectivity index is 2.03. The van der Waals surface area contributed by atoms with Crippen LogP contribution < -0.4 is 5.73 Å². The Bertz CT molecular complexity index is 466. The molecule has 2 rings (SSSR count). The summed E-state index contributed by atoms with van der Waals surface area (Å²) in [5, 5.41) is 0. The summed E-state index contributed by atoms with van der Waals surface area (Å²) in [6, 6.07) is 8.35. The Morgan fingerprint density at radius 3 is 2.50 bits per heavy atom. The molecule has 0 aromatic heterocycles. The molecule has 0 radical (unpaired) electrons. The van der Waals surface area contributed by atoms with Crippen LogP contribution in [-0.4, -0.2) is 43.7 Å². The van der Waals surface area contributed by atoms with Crippen LogP contribution in [0, 0.1) is 0 Å². The normalized spacial score (nSPS) is 17.2. The van der Waals surface area contributed by atoms with Gasteiger partial charge in [-0.3, -0.25) is 4.79 Å². The summed E-state index contributed by atoms with van der Waals surface area (Å²) in [4.78, 5) is 14.5. The number of hydrogen-bond donors (Lipinski definition) is 1. The van der Waals surface area contributed by atoms with Crippen molar-refractivity contribution in [1.29, 1.82) is 0 Å². The van der Waals surface area contributed by atoms with Gasteiger partial charge in [0.1, 0.15) is 0 Å². The third-order valence-corrected chi connectivity index (χ3v) is 4.70. The highest BCUT2D eigenvalue weighted by Gasteiger charge is 2.23. The molecule has 1 aromatic carbocycles. The molecule has 22 heavy (non-hydrogen) atoms. The number of rotatable bonds is 6. The number of amides is 1. The topological polar surface area (TPSA) is 55.6 Å². The van der Waals surface area contributed by atoms with Gasteiger partial charge in [0.05, 0.1) is 0 Å². The van der Waals surface area contributed by atoms with Gasteiger partial charge < -0.3 is 15.4 Å². The Hall–Kier alpha value is -1.39. The van der Waals surface area contributed by atoms with E-state index >= 15 is 0 Å². The van der Waals surface area contributed by atoms with Crippen LogP contribution in [-0.2, 0) is 4.74 Å². The minimum Gasteiger partial charge on any atom is -0.381 e. The van der Waals surface area contributed by atoms with Crippen molar-refractivity contribution < 1.29 is 9.53 Å². The van der Waals surface area contributed by atoms with E-state index in [0.29, 0.717) is 18.5 Å². The second kappa shape index (κ2) is 8.30. The van der Waals surface area contributed by atoms with Crippen LogP contribution >= 0.6 is 0 Å². The summed E-state index contributed by atoms with van der Waals surface area (Å²) < 4.78 is 5.36. The minimum absolute atomic E-state index is 0.102. The van der Waals surface area contributed by atoms with Crippen molar-refractivity contribution in [1.82, 2.24) is 4.90 Å². The first-order valence-corrected chi connectivity index (χ1v) is 8.32. The van der Waals surface area contributed by atoms with Gasteiger partial charge in [0.25, 0.3) is 5.91 Å². The second-order valence-corrected chi connectivity index (χ2v) is 6.06. The van der Waals surface area contributed by atoms with Crippen LogP contribution in [0.4, 0.5) is 0 Å². The molecule has 4 nitrogen and oxygen atoms in total.